The van der Waals surface area contributed by atoms with E-state index >= 15 is 0 Å². The summed E-state index contributed by atoms with van der Waals surface area (Å²) >= 11 is 0. The maximum absolute atomic E-state index is 2.21. The smallest absolute Gasteiger partial charge is 0.0308 e. The quantitative estimate of drug-likeness (QED) is 0.522. The Kier molecular flexibility index (Phi) is 5.00. The maximum Gasteiger partial charge on any atom is -0.0308 e. The van der Waals surface area contributed by atoms with Crippen molar-refractivity contribution in [3.8, 4) is 0 Å². The van der Waals surface area contributed by atoms with E-state index < -0.39 is 0 Å². The highest BCUT2D eigenvalue weighted by Crippen LogP contribution is 2.16. The molecule has 0 aliphatic carbocycles. The summed E-state index contributed by atoms with van der Waals surface area (Å²) in [6, 6.07) is 0. The third-order valence-electron chi connectivity index (χ3n) is 1.87. The van der Waals surface area contributed by atoms with Crippen molar-refractivity contribution in [1.82, 2.24) is 0 Å². The first-order valence-corrected chi connectivity index (χ1v) is 4.10. The fourth-order valence-corrected chi connectivity index (χ4v) is 1.23. The molecule has 58 valence electrons. The molecule has 0 nitrogen and oxygen atoms in total. The third kappa shape index (κ3) is 2.38. The van der Waals surface area contributed by atoms with Gasteiger partial charge in [-0.25, -0.2) is 0 Å². The Hall–Kier alpha value is -0.520. The molecular weight excluding hydrogens is 120 g/mol. The van der Waals surface area contributed by atoms with Gasteiger partial charge in [0.25, 0.3) is 0 Å². The molecule has 0 saturated heterocycles. The van der Waals surface area contributed by atoms with Gasteiger partial charge in [0, 0.05) is 0 Å². The van der Waals surface area contributed by atoms with Gasteiger partial charge in [-0.1, -0.05) is 26.0 Å². The normalized spacial score (nSPS) is 14.0. The molecule has 0 N–H and O–H groups in total. The first-order valence-electron chi connectivity index (χ1n) is 4.10. The lowest BCUT2D eigenvalue weighted by molar-refractivity contribution is 1.02. The van der Waals surface area contributed by atoms with Gasteiger partial charge in [-0.3, -0.25) is 0 Å². The molecule has 0 heterocycles. The van der Waals surface area contributed by atoms with Crippen molar-refractivity contribution in [2.24, 2.45) is 0 Å². The van der Waals surface area contributed by atoms with E-state index in [-0.39, 0.29) is 0 Å². The average molecular weight is 138 g/mol. The van der Waals surface area contributed by atoms with Crippen molar-refractivity contribution in [1.29, 1.82) is 0 Å². The van der Waals surface area contributed by atoms with E-state index in [1.54, 1.807) is 0 Å². The van der Waals surface area contributed by atoms with E-state index in [0.717, 1.165) is 12.8 Å². The minimum atomic E-state index is 1.16. The number of allylic oxidation sites excluding steroid dienone is 4. The first-order chi connectivity index (χ1) is 4.79. The van der Waals surface area contributed by atoms with Crippen molar-refractivity contribution in [2.45, 2.75) is 40.5 Å². The maximum atomic E-state index is 2.21. The molecule has 0 radical (unpaired) electrons. The van der Waals surface area contributed by atoms with Gasteiger partial charge in [-0.15, -0.1) is 0 Å². The second kappa shape index (κ2) is 5.28. The molecule has 0 spiro atoms. The zero-order valence-electron chi connectivity index (χ0n) is 7.57. The zero-order valence-corrected chi connectivity index (χ0v) is 7.57. The minimum Gasteiger partial charge on any atom is -0.0842 e. The summed E-state index contributed by atoms with van der Waals surface area (Å²) in [7, 11) is 0. The molecule has 0 atom stereocenters. The Morgan fingerprint density at radius 2 is 1.20 bits per heavy atom. The highest BCUT2D eigenvalue weighted by molar-refractivity contribution is 5.29. The van der Waals surface area contributed by atoms with E-state index in [1.165, 1.54) is 11.1 Å². The van der Waals surface area contributed by atoms with Crippen LogP contribution in [0.25, 0.3) is 0 Å². The van der Waals surface area contributed by atoms with Gasteiger partial charge in [0.2, 0.25) is 0 Å². The summed E-state index contributed by atoms with van der Waals surface area (Å²) < 4.78 is 0. The lowest BCUT2D eigenvalue weighted by Crippen LogP contribution is -1.85. The van der Waals surface area contributed by atoms with E-state index in [2.05, 4.69) is 39.8 Å². The molecule has 0 aliphatic rings. The topological polar surface area (TPSA) is 0 Å². The zero-order chi connectivity index (χ0) is 7.98. The van der Waals surface area contributed by atoms with E-state index in [4.69, 9.17) is 0 Å². The first kappa shape index (κ1) is 9.48. The lowest BCUT2D eigenvalue weighted by atomic mass is 10.0. The molecule has 0 heteroatoms. The molecule has 0 aromatic heterocycles. The van der Waals surface area contributed by atoms with E-state index in [1.807, 2.05) is 0 Å². The standard InChI is InChI=1S/C10H18/c1-5-9(6-2)10(7-3)8-4/h5,7H,6,8H2,1-4H3/b9-5-,10-7-. The monoisotopic (exact) mass is 138 g/mol. The molecule has 0 fully saturated rings. The van der Waals surface area contributed by atoms with Crippen molar-refractivity contribution in [3.05, 3.63) is 23.3 Å². The average Bonchev–Trinajstić information content (AvgIpc) is 2.00. The summed E-state index contributed by atoms with van der Waals surface area (Å²) in [6.07, 6.45) is 6.73. The van der Waals surface area contributed by atoms with Crippen LogP contribution < -0.4 is 0 Å². The predicted molar refractivity (Wildman–Crippen MR) is 48.1 cm³/mol. The largest absolute Gasteiger partial charge is 0.0842 e. The Bertz CT molecular complexity index is 120. The molecule has 0 bridgehead atoms. The van der Waals surface area contributed by atoms with Crippen molar-refractivity contribution in [3.63, 3.8) is 0 Å². The Morgan fingerprint density at radius 3 is 1.30 bits per heavy atom. The van der Waals surface area contributed by atoms with Crippen LogP contribution in [-0.4, -0.2) is 0 Å². The Balaban J connectivity index is 4.27. The van der Waals surface area contributed by atoms with E-state index in [9.17, 15) is 0 Å². The van der Waals surface area contributed by atoms with E-state index in [0.29, 0.717) is 0 Å². The van der Waals surface area contributed by atoms with Gasteiger partial charge in [0.05, 0.1) is 0 Å². The van der Waals surface area contributed by atoms with Crippen molar-refractivity contribution >= 4 is 0 Å². The summed E-state index contributed by atoms with van der Waals surface area (Å²) in [5.41, 5.74) is 2.98. The fraction of sp³-hybridized carbons (Fsp3) is 0.600. The molecule has 0 aliphatic heterocycles. The molecule has 0 unspecified atom stereocenters. The van der Waals surface area contributed by atoms with Crippen LogP contribution in [0.3, 0.4) is 0 Å². The third-order valence-corrected chi connectivity index (χ3v) is 1.87. The van der Waals surface area contributed by atoms with Gasteiger partial charge in [0.1, 0.15) is 0 Å². The fourth-order valence-electron chi connectivity index (χ4n) is 1.23. The summed E-state index contributed by atoms with van der Waals surface area (Å²) in [4.78, 5) is 0. The number of rotatable bonds is 3. The van der Waals surface area contributed by atoms with Gasteiger partial charge in [-0.05, 0) is 37.8 Å². The second-order valence-electron chi connectivity index (χ2n) is 2.33. The molecule has 0 rings (SSSR count). The molecule has 10 heavy (non-hydrogen) atoms. The van der Waals surface area contributed by atoms with Crippen molar-refractivity contribution in [2.75, 3.05) is 0 Å². The highest BCUT2D eigenvalue weighted by atomic mass is 14.0. The SMILES string of the molecule is C/C=C(CC)\C(=C/C)CC. The second-order valence-corrected chi connectivity index (χ2v) is 2.33. The predicted octanol–water partition coefficient (Wildman–Crippen LogP) is 3.70. The van der Waals surface area contributed by atoms with Crippen LogP contribution in [0.15, 0.2) is 23.3 Å². The summed E-state index contributed by atoms with van der Waals surface area (Å²) in [5, 5.41) is 0. The number of hydrogen-bond acceptors (Lipinski definition) is 0. The summed E-state index contributed by atoms with van der Waals surface area (Å²) in [6.45, 7) is 8.62. The molecular formula is C10H18. The van der Waals surface area contributed by atoms with Crippen LogP contribution in [0.1, 0.15) is 40.5 Å². The lowest BCUT2D eigenvalue weighted by Gasteiger charge is -2.05. The van der Waals surface area contributed by atoms with Crippen molar-refractivity contribution < 1.29 is 0 Å². The molecule has 0 aromatic carbocycles. The molecule has 0 amide bonds. The molecule has 0 saturated carbocycles. The van der Waals surface area contributed by atoms with Gasteiger partial charge in [-0.2, -0.15) is 0 Å². The van der Waals surface area contributed by atoms with Gasteiger partial charge in [0.15, 0.2) is 0 Å². The molecule has 0 aromatic rings. The van der Waals surface area contributed by atoms with Gasteiger partial charge < -0.3 is 0 Å². The van der Waals surface area contributed by atoms with Crippen LogP contribution >= 0.6 is 0 Å². The van der Waals surface area contributed by atoms with Crippen LogP contribution in [0.4, 0.5) is 0 Å². The van der Waals surface area contributed by atoms with Crippen LogP contribution in [-0.2, 0) is 0 Å². The number of hydrogen-bond donors (Lipinski definition) is 0. The van der Waals surface area contributed by atoms with Gasteiger partial charge >= 0.3 is 0 Å². The van der Waals surface area contributed by atoms with Crippen LogP contribution in [0, 0.1) is 0 Å². The summed E-state index contributed by atoms with van der Waals surface area (Å²) in [5.74, 6) is 0. The highest BCUT2D eigenvalue weighted by Gasteiger charge is 1.96. The minimum absolute atomic E-state index is 1.16. The van der Waals surface area contributed by atoms with Crippen LogP contribution in [0.2, 0.25) is 0 Å². The Morgan fingerprint density at radius 1 is 0.900 bits per heavy atom. The van der Waals surface area contributed by atoms with Crippen LogP contribution in [0.5, 0.6) is 0 Å². The Labute approximate surface area is 64.6 Å².